The molecule has 2 aromatic carbocycles. The maximum Gasteiger partial charge on any atom is 0.253 e. The SMILES string of the molecule is CCC(=O)CN1CCCC(c2ccc(C(=O)N(CC)CC)cc2)(c2cccc(O)c2)C1. The lowest BCUT2D eigenvalue weighted by Crippen LogP contribution is -2.48. The molecule has 0 bridgehead atoms. The molecule has 1 amide bonds. The molecule has 0 aliphatic carbocycles. The Hall–Kier alpha value is -2.66. The zero-order valence-electron chi connectivity index (χ0n) is 18.9. The second kappa shape index (κ2) is 10.1. The van der Waals surface area contributed by atoms with Crippen molar-refractivity contribution in [1.82, 2.24) is 9.80 Å². The third-order valence-corrected chi connectivity index (χ3v) is 6.50. The Morgan fingerprint density at radius 1 is 1.03 bits per heavy atom. The Balaban J connectivity index is 1.99. The van der Waals surface area contributed by atoms with Crippen LogP contribution in [-0.2, 0) is 10.2 Å². The first-order valence-electron chi connectivity index (χ1n) is 11.4. The number of amides is 1. The number of phenolic OH excluding ortho intramolecular Hbond substituents is 1. The highest BCUT2D eigenvalue weighted by atomic mass is 16.3. The highest BCUT2D eigenvalue weighted by molar-refractivity contribution is 5.94. The van der Waals surface area contributed by atoms with Crippen LogP contribution in [0.1, 0.15) is 61.5 Å². The van der Waals surface area contributed by atoms with Gasteiger partial charge in [-0.15, -0.1) is 0 Å². The van der Waals surface area contributed by atoms with Crippen LogP contribution in [0.3, 0.4) is 0 Å². The minimum atomic E-state index is -0.332. The molecule has 1 N–H and O–H groups in total. The largest absolute Gasteiger partial charge is 0.508 e. The van der Waals surface area contributed by atoms with E-state index >= 15 is 0 Å². The summed E-state index contributed by atoms with van der Waals surface area (Å²) in [5.74, 6) is 0.528. The van der Waals surface area contributed by atoms with Gasteiger partial charge in [-0.3, -0.25) is 14.5 Å². The second-order valence-electron chi connectivity index (χ2n) is 8.39. The maximum absolute atomic E-state index is 12.7. The van der Waals surface area contributed by atoms with Crippen LogP contribution in [-0.4, -0.2) is 59.3 Å². The number of likely N-dealkylation sites (tertiary alicyclic amines) is 1. The summed E-state index contributed by atoms with van der Waals surface area (Å²) in [5.41, 5.74) is 2.51. The molecule has 1 unspecified atom stereocenters. The third kappa shape index (κ3) is 4.99. The van der Waals surface area contributed by atoms with E-state index in [0.717, 1.165) is 30.5 Å². The number of hydrogen-bond donors (Lipinski definition) is 1. The smallest absolute Gasteiger partial charge is 0.253 e. The van der Waals surface area contributed by atoms with Gasteiger partial charge in [0.15, 0.2) is 0 Å². The van der Waals surface area contributed by atoms with E-state index in [0.29, 0.717) is 38.2 Å². The molecular formula is C26H34N2O3. The molecule has 5 nitrogen and oxygen atoms in total. The second-order valence-corrected chi connectivity index (χ2v) is 8.39. The summed E-state index contributed by atoms with van der Waals surface area (Å²) in [6.45, 7) is 9.31. The average molecular weight is 423 g/mol. The van der Waals surface area contributed by atoms with Crippen molar-refractivity contribution in [1.29, 1.82) is 0 Å². The normalized spacial score (nSPS) is 19.2. The number of ketones is 1. The summed E-state index contributed by atoms with van der Waals surface area (Å²) in [6.07, 6.45) is 2.43. The molecule has 0 saturated carbocycles. The van der Waals surface area contributed by atoms with Gasteiger partial charge in [-0.2, -0.15) is 0 Å². The molecule has 3 rings (SSSR count). The van der Waals surface area contributed by atoms with E-state index in [1.54, 1.807) is 6.07 Å². The number of piperidine rings is 1. The molecule has 1 aliphatic heterocycles. The van der Waals surface area contributed by atoms with E-state index in [2.05, 4.69) is 11.0 Å². The zero-order chi connectivity index (χ0) is 22.4. The summed E-state index contributed by atoms with van der Waals surface area (Å²) in [5, 5.41) is 10.2. The number of phenols is 1. The Bertz CT molecular complexity index is 905. The fraction of sp³-hybridized carbons (Fsp3) is 0.462. The molecule has 31 heavy (non-hydrogen) atoms. The lowest BCUT2D eigenvalue weighted by atomic mass is 9.69. The monoisotopic (exact) mass is 422 g/mol. The average Bonchev–Trinajstić information content (AvgIpc) is 2.80. The quantitative estimate of drug-likeness (QED) is 0.691. The molecule has 5 heteroatoms. The van der Waals surface area contributed by atoms with Gasteiger partial charge in [0.1, 0.15) is 11.5 Å². The van der Waals surface area contributed by atoms with Crippen molar-refractivity contribution in [2.45, 2.75) is 45.4 Å². The molecule has 1 saturated heterocycles. The van der Waals surface area contributed by atoms with Crippen molar-refractivity contribution in [2.24, 2.45) is 0 Å². The molecule has 2 aromatic rings. The van der Waals surface area contributed by atoms with Crippen LogP contribution in [0.5, 0.6) is 5.75 Å². The minimum Gasteiger partial charge on any atom is -0.508 e. The first-order chi connectivity index (χ1) is 14.9. The van der Waals surface area contributed by atoms with E-state index in [9.17, 15) is 14.7 Å². The molecule has 1 heterocycles. The van der Waals surface area contributed by atoms with Crippen LogP contribution in [0, 0.1) is 0 Å². The van der Waals surface area contributed by atoms with Gasteiger partial charge >= 0.3 is 0 Å². The van der Waals surface area contributed by atoms with Crippen LogP contribution in [0.25, 0.3) is 0 Å². The molecule has 0 spiro atoms. The lowest BCUT2D eigenvalue weighted by molar-refractivity contribution is -0.120. The van der Waals surface area contributed by atoms with E-state index in [4.69, 9.17) is 0 Å². The van der Waals surface area contributed by atoms with E-state index in [-0.39, 0.29) is 22.9 Å². The number of Topliss-reactive ketones (excluding diaryl/α,β-unsaturated/α-hetero) is 1. The first kappa shape index (κ1) is 23.0. The minimum absolute atomic E-state index is 0.0433. The van der Waals surface area contributed by atoms with Gasteiger partial charge in [-0.1, -0.05) is 31.2 Å². The van der Waals surface area contributed by atoms with Gasteiger partial charge in [0.05, 0.1) is 6.54 Å². The Morgan fingerprint density at radius 3 is 2.35 bits per heavy atom. The number of hydrogen-bond acceptors (Lipinski definition) is 4. The van der Waals surface area contributed by atoms with Crippen LogP contribution in [0.2, 0.25) is 0 Å². The van der Waals surface area contributed by atoms with Crippen LogP contribution >= 0.6 is 0 Å². The molecule has 166 valence electrons. The van der Waals surface area contributed by atoms with Gasteiger partial charge in [-0.25, -0.2) is 0 Å². The maximum atomic E-state index is 12.7. The van der Waals surface area contributed by atoms with Crippen molar-refractivity contribution in [2.75, 3.05) is 32.7 Å². The van der Waals surface area contributed by atoms with E-state index < -0.39 is 0 Å². The van der Waals surface area contributed by atoms with Gasteiger partial charge in [0, 0.05) is 37.0 Å². The van der Waals surface area contributed by atoms with Crippen molar-refractivity contribution < 1.29 is 14.7 Å². The topological polar surface area (TPSA) is 60.9 Å². The summed E-state index contributed by atoms with van der Waals surface area (Å²) in [4.78, 5) is 28.9. The number of rotatable bonds is 8. The molecule has 0 aromatic heterocycles. The van der Waals surface area contributed by atoms with Crippen molar-refractivity contribution >= 4 is 11.7 Å². The molecule has 1 aliphatic rings. The summed E-state index contributed by atoms with van der Waals surface area (Å²) in [7, 11) is 0. The highest BCUT2D eigenvalue weighted by Crippen LogP contribution is 2.41. The Morgan fingerprint density at radius 2 is 1.74 bits per heavy atom. The number of benzene rings is 2. The molecule has 0 radical (unpaired) electrons. The molecular weight excluding hydrogens is 388 g/mol. The predicted octanol–water partition coefficient (Wildman–Crippen LogP) is 4.24. The summed E-state index contributed by atoms with van der Waals surface area (Å²) >= 11 is 0. The number of aromatic hydroxyl groups is 1. The lowest BCUT2D eigenvalue weighted by Gasteiger charge is -2.44. The van der Waals surface area contributed by atoms with Gasteiger partial charge in [-0.05, 0) is 68.6 Å². The van der Waals surface area contributed by atoms with Crippen molar-refractivity contribution in [3.05, 3.63) is 65.2 Å². The number of carbonyl (C=O) groups is 2. The third-order valence-electron chi connectivity index (χ3n) is 6.50. The number of carbonyl (C=O) groups excluding carboxylic acids is 2. The van der Waals surface area contributed by atoms with E-state index in [1.165, 1.54) is 0 Å². The molecule has 1 atom stereocenters. The van der Waals surface area contributed by atoms with Crippen LogP contribution < -0.4 is 0 Å². The van der Waals surface area contributed by atoms with Gasteiger partial charge in [0.2, 0.25) is 0 Å². The standard InChI is InChI=1S/C26H34N2O3/c1-4-23(29)18-27-16-8-15-26(19-27,22-9-7-10-24(30)17-22)21-13-11-20(12-14-21)25(31)28(5-2)6-3/h7,9-14,17,30H,4-6,8,15-16,18-19H2,1-3H3. The van der Waals surface area contributed by atoms with Crippen LogP contribution in [0.4, 0.5) is 0 Å². The Labute approximate surface area is 185 Å². The van der Waals surface area contributed by atoms with Crippen LogP contribution in [0.15, 0.2) is 48.5 Å². The van der Waals surface area contributed by atoms with Crippen molar-refractivity contribution in [3.63, 3.8) is 0 Å². The predicted molar refractivity (Wildman–Crippen MR) is 124 cm³/mol. The van der Waals surface area contributed by atoms with Gasteiger partial charge < -0.3 is 10.0 Å². The molecule has 1 fully saturated rings. The summed E-state index contributed by atoms with van der Waals surface area (Å²) < 4.78 is 0. The Kier molecular flexibility index (Phi) is 7.50. The summed E-state index contributed by atoms with van der Waals surface area (Å²) in [6, 6.07) is 15.4. The number of nitrogens with zero attached hydrogens (tertiary/aromatic N) is 2. The first-order valence-corrected chi connectivity index (χ1v) is 11.4. The van der Waals surface area contributed by atoms with E-state index in [1.807, 2.05) is 62.1 Å². The fourth-order valence-corrected chi connectivity index (χ4v) is 4.71. The van der Waals surface area contributed by atoms with Gasteiger partial charge in [0.25, 0.3) is 5.91 Å². The highest BCUT2D eigenvalue weighted by Gasteiger charge is 2.39. The zero-order valence-corrected chi connectivity index (χ0v) is 18.9. The van der Waals surface area contributed by atoms with Crippen molar-refractivity contribution in [3.8, 4) is 5.75 Å². The fourth-order valence-electron chi connectivity index (χ4n) is 4.71.